The highest BCUT2D eigenvalue weighted by molar-refractivity contribution is 6.20. The minimum Gasteiger partial charge on any atom is -0.456 e. The molecule has 0 spiro atoms. The molecule has 9 aromatic carbocycles. The first-order valence-corrected chi connectivity index (χ1v) is 18.5. The molecular weight excluding hydrogens is 671 g/mol. The number of hydrogen-bond donors (Lipinski definition) is 0. The number of para-hydroxylation sites is 1. The third-order valence-electron chi connectivity index (χ3n) is 10.7. The van der Waals surface area contributed by atoms with Crippen LogP contribution in [0.1, 0.15) is 0 Å². The van der Waals surface area contributed by atoms with Crippen molar-refractivity contribution < 1.29 is 4.42 Å². The summed E-state index contributed by atoms with van der Waals surface area (Å²) in [5.74, 6) is 1.85. The Morgan fingerprint density at radius 3 is 1.64 bits per heavy atom. The molecule has 2 heterocycles. The van der Waals surface area contributed by atoms with Gasteiger partial charge < -0.3 is 4.42 Å². The van der Waals surface area contributed by atoms with Gasteiger partial charge >= 0.3 is 0 Å². The second kappa shape index (κ2) is 12.6. The van der Waals surface area contributed by atoms with Gasteiger partial charge in [0.15, 0.2) is 17.5 Å². The highest BCUT2D eigenvalue weighted by Crippen LogP contribution is 2.40. The second-order valence-electron chi connectivity index (χ2n) is 14.0. The molecule has 4 nitrogen and oxygen atoms in total. The van der Waals surface area contributed by atoms with Crippen LogP contribution in [-0.4, -0.2) is 15.0 Å². The maximum atomic E-state index is 6.21. The molecular formula is C51H31N3O. The number of aromatic nitrogens is 3. The summed E-state index contributed by atoms with van der Waals surface area (Å²) in [6, 6.07) is 65.9. The van der Waals surface area contributed by atoms with E-state index in [9.17, 15) is 0 Å². The summed E-state index contributed by atoms with van der Waals surface area (Å²) in [6.07, 6.45) is 0. The lowest BCUT2D eigenvalue weighted by Gasteiger charge is -2.14. The number of nitrogens with zero attached hydrogens (tertiary/aromatic N) is 3. The van der Waals surface area contributed by atoms with E-state index in [1.54, 1.807) is 0 Å². The predicted octanol–water partition coefficient (Wildman–Crippen LogP) is 13.6. The Balaban J connectivity index is 0.989. The molecule has 0 amide bonds. The van der Waals surface area contributed by atoms with Crippen molar-refractivity contribution in [3.05, 3.63) is 188 Å². The molecule has 0 N–H and O–H groups in total. The quantitative estimate of drug-likeness (QED) is 0.132. The molecule has 2 aromatic heterocycles. The van der Waals surface area contributed by atoms with E-state index in [1.165, 1.54) is 43.4 Å². The lowest BCUT2D eigenvalue weighted by atomic mass is 9.89. The van der Waals surface area contributed by atoms with Gasteiger partial charge in [0.25, 0.3) is 0 Å². The summed E-state index contributed by atoms with van der Waals surface area (Å²) in [5.41, 5.74) is 9.13. The van der Waals surface area contributed by atoms with Gasteiger partial charge in [-0.1, -0.05) is 170 Å². The number of benzene rings is 9. The molecule has 0 aliphatic heterocycles. The SMILES string of the molecule is c1ccc(-c2nc(-c3ccc(-c4ccc(-c5c6ccccc6cc6c5ccc5ccccc56)cc4)cc3)nc(-c3cccc4oc5ccccc5c34)n2)cc1. The first kappa shape index (κ1) is 31.1. The van der Waals surface area contributed by atoms with Crippen LogP contribution in [-0.2, 0) is 0 Å². The van der Waals surface area contributed by atoms with Crippen molar-refractivity contribution in [2.45, 2.75) is 0 Å². The van der Waals surface area contributed by atoms with Crippen LogP contribution in [0.4, 0.5) is 0 Å². The lowest BCUT2D eigenvalue weighted by Crippen LogP contribution is -2.00. The highest BCUT2D eigenvalue weighted by atomic mass is 16.3. The van der Waals surface area contributed by atoms with Gasteiger partial charge in [-0.05, 0) is 72.8 Å². The molecule has 11 rings (SSSR count). The molecule has 0 saturated heterocycles. The van der Waals surface area contributed by atoms with Crippen molar-refractivity contribution in [3.8, 4) is 56.4 Å². The summed E-state index contributed by atoms with van der Waals surface area (Å²) < 4.78 is 6.21. The van der Waals surface area contributed by atoms with E-state index in [0.717, 1.165) is 49.8 Å². The number of hydrogen-bond acceptors (Lipinski definition) is 4. The van der Waals surface area contributed by atoms with E-state index >= 15 is 0 Å². The third-order valence-corrected chi connectivity index (χ3v) is 10.7. The molecule has 4 heteroatoms. The summed E-state index contributed by atoms with van der Waals surface area (Å²) in [7, 11) is 0. The van der Waals surface area contributed by atoms with Crippen molar-refractivity contribution in [2.24, 2.45) is 0 Å². The van der Waals surface area contributed by atoms with E-state index in [2.05, 4.69) is 127 Å². The van der Waals surface area contributed by atoms with Crippen LogP contribution in [0.3, 0.4) is 0 Å². The van der Waals surface area contributed by atoms with E-state index in [1.807, 2.05) is 60.7 Å². The Morgan fingerprint density at radius 1 is 0.309 bits per heavy atom. The van der Waals surface area contributed by atoms with Crippen molar-refractivity contribution in [1.29, 1.82) is 0 Å². The van der Waals surface area contributed by atoms with Gasteiger partial charge in [0.05, 0.1) is 0 Å². The van der Waals surface area contributed by atoms with Gasteiger partial charge in [-0.2, -0.15) is 0 Å². The van der Waals surface area contributed by atoms with Crippen LogP contribution in [0.15, 0.2) is 192 Å². The molecule has 0 atom stereocenters. The molecule has 0 unspecified atom stereocenters. The van der Waals surface area contributed by atoms with Crippen LogP contribution in [0.25, 0.3) is 111 Å². The normalized spacial score (nSPS) is 11.6. The Bertz CT molecular complexity index is 3240. The molecule has 256 valence electrons. The molecule has 0 aliphatic carbocycles. The van der Waals surface area contributed by atoms with Gasteiger partial charge in [-0.3, -0.25) is 0 Å². The summed E-state index contributed by atoms with van der Waals surface area (Å²) >= 11 is 0. The lowest BCUT2D eigenvalue weighted by molar-refractivity contribution is 0.669. The molecule has 0 bridgehead atoms. The molecule has 0 saturated carbocycles. The second-order valence-corrected chi connectivity index (χ2v) is 14.0. The van der Waals surface area contributed by atoms with Gasteiger partial charge in [0, 0.05) is 27.5 Å². The minimum absolute atomic E-state index is 0.606. The fourth-order valence-electron chi connectivity index (χ4n) is 8.08. The zero-order valence-electron chi connectivity index (χ0n) is 29.6. The largest absolute Gasteiger partial charge is 0.456 e. The standard InChI is InChI=1S/C51H31N3O/c1-2-12-36(13-3-1)49-52-50(54-51(53-49)43-18-10-20-46-48(43)42-17-8-9-19-45(42)55-46)37-27-23-33(24-28-37)32-21-25-35(26-22-32)47-40-16-7-5-14-38(40)31-44-39-15-6-4-11-34(39)29-30-41(44)47/h1-31H. The van der Waals surface area contributed by atoms with Crippen LogP contribution in [0.5, 0.6) is 0 Å². The highest BCUT2D eigenvalue weighted by Gasteiger charge is 2.18. The zero-order valence-corrected chi connectivity index (χ0v) is 29.6. The first-order valence-electron chi connectivity index (χ1n) is 18.5. The van der Waals surface area contributed by atoms with Crippen LogP contribution in [0, 0.1) is 0 Å². The fourth-order valence-corrected chi connectivity index (χ4v) is 8.08. The number of furan rings is 1. The van der Waals surface area contributed by atoms with Gasteiger partial charge in [-0.25, -0.2) is 15.0 Å². The average Bonchev–Trinajstić information content (AvgIpc) is 3.65. The zero-order chi connectivity index (χ0) is 36.3. The molecule has 0 fully saturated rings. The van der Waals surface area contributed by atoms with Crippen molar-refractivity contribution >= 4 is 54.3 Å². The van der Waals surface area contributed by atoms with E-state index in [0.29, 0.717) is 17.5 Å². The first-order chi connectivity index (χ1) is 27.2. The van der Waals surface area contributed by atoms with Crippen LogP contribution < -0.4 is 0 Å². The van der Waals surface area contributed by atoms with Crippen molar-refractivity contribution in [1.82, 2.24) is 15.0 Å². The van der Waals surface area contributed by atoms with E-state index in [4.69, 9.17) is 19.4 Å². The molecule has 0 radical (unpaired) electrons. The molecule has 55 heavy (non-hydrogen) atoms. The summed E-state index contributed by atoms with van der Waals surface area (Å²) in [5, 5.41) is 9.60. The predicted molar refractivity (Wildman–Crippen MR) is 227 cm³/mol. The van der Waals surface area contributed by atoms with E-state index < -0.39 is 0 Å². The monoisotopic (exact) mass is 701 g/mol. The Kier molecular flexibility index (Phi) is 7.14. The Labute approximate surface area is 317 Å². The average molecular weight is 702 g/mol. The van der Waals surface area contributed by atoms with Crippen molar-refractivity contribution in [3.63, 3.8) is 0 Å². The maximum Gasteiger partial charge on any atom is 0.164 e. The van der Waals surface area contributed by atoms with Crippen molar-refractivity contribution in [2.75, 3.05) is 0 Å². The van der Waals surface area contributed by atoms with Gasteiger partial charge in [-0.15, -0.1) is 0 Å². The summed E-state index contributed by atoms with van der Waals surface area (Å²) in [4.78, 5) is 15.1. The summed E-state index contributed by atoms with van der Waals surface area (Å²) in [6.45, 7) is 0. The topological polar surface area (TPSA) is 51.8 Å². The molecule has 11 aromatic rings. The number of rotatable bonds is 5. The maximum absolute atomic E-state index is 6.21. The van der Waals surface area contributed by atoms with Crippen LogP contribution >= 0.6 is 0 Å². The minimum atomic E-state index is 0.606. The Morgan fingerprint density at radius 2 is 0.873 bits per heavy atom. The number of fused-ring (bicyclic) bond motifs is 7. The fraction of sp³-hybridized carbons (Fsp3) is 0. The Hall–Kier alpha value is -7.43. The molecule has 0 aliphatic rings. The third kappa shape index (κ3) is 5.26. The van der Waals surface area contributed by atoms with Gasteiger partial charge in [0.2, 0.25) is 0 Å². The van der Waals surface area contributed by atoms with Crippen LogP contribution in [0.2, 0.25) is 0 Å². The van der Waals surface area contributed by atoms with E-state index in [-0.39, 0.29) is 0 Å². The van der Waals surface area contributed by atoms with Gasteiger partial charge in [0.1, 0.15) is 11.2 Å². The smallest absolute Gasteiger partial charge is 0.164 e.